The highest BCUT2D eigenvalue weighted by molar-refractivity contribution is 7.79. The molecular formula is C29H33N5O2S. The molecule has 1 saturated carbocycles. The first kappa shape index (κ1) is 26.3. The lowest BCUT2D eigenvalue weighted by atomic mass is 9.94. The molecule has 2 aliphatic rings. The van der Waals surface area contributed by atoms with Gasteiger partial charge in [-0.2, -0.15) is 17.7 Å². The number of fused-ring (bicyclic) bond motifs is 1. The number of rotatable bonds is 5. The van der Waals surface area contributed by atoms with Crippen LogP contribution in [0.3, 0.4) is 0 Å². The number of hydrogen-bond donors (Lipinski definition) is 4. The quantitative estimate of drug-likeness (QED) is 0.270. The van der Waals surface area contributed by atoms with Gasteiger partial charge in [0.25, 0.3) is 5.91 Å². The number of amides is 1. The average Bonchev–Trinajstić information content (AvgIpc) is 3.53. The van der Waals surface area contributed by atoms with E-state index in [0.717, 1.165) is 58.4 Å². The topological polar surface area (TPSA) is 91.9 Å². The van der Waals surface area contributed by atoms with Crippen LogP contribution in [-0.4, -0.2) is 41.0 Å². The first-order valence-corrected chi connectivity index (χ1v) is 13.1. The maximum absolute atomic E-state index is 13.3. The maximum Gasteiger partial charge on any atom is 0.252 e. The molecule has 0 saturated heterocycles. The molecular weight excluding hydrogens is 482 g/mol. The normalized spacial score (nSPS) is 14.2. The molecule has 2 aromatic carbocycles. The summed E-state index contributed by atoms with van der Waals surface area (Å²) < 4.78 is 5.32. The predicted molar refractivity (Wildman–Crippen MR) is 152 cm³/mol. The Morgan fingerprint density at radius 3 is 2.43 bits per heavy atom. The van der Waals surface area contributed by atoms with Gasteiger partial charge < -0.3 is 15.4 Å². The summed E-state index contributed by atoms with van der Waals surface area (Å²) in [4.78, 5) is 17.8. The minimum Gasteiger partial charge on any atom is -0.497 e. The zero-order valence-electron chi connectivity index (χ0n) is 21.6. The fourth-order valence-electron chi connectivity index (χ4n) is 4.25. The molecule has 6 rings (SSSR count). The second-order valence-electron chi connectivity index (χ2n) is 9.06. The Morgan fingerprint density at radius 1 is 1.11 bits per heavy atom. The molecule has 1 aliphatic heterocycles. The third-order valence-electron chi connectivity index (χ3n) is 6.50. The van der Waals surface area contributed by atoms with E-state index < -0.39 is 5.54 Å². The monoisotopic (exact) mass is 515 g/mol. The second kappa shape index (κ2) is 11.5. The lowest BCUT2D eigenvalue weighted by Gasteiger charge is -2.21. The highest BCUT2D eigenvalue weighted by Gasteiger charge is 2.47. The summed E-state index contributed by atoms with van der Waals surface area (Å²) in [6, 6.07) is 15.8. The van der Waals surface area contributed by atoms with Gasteiger partial charge in [-0.05, 0) is 92.7 Å². The highest BCUT2D eigenvalue weighted by atomic mass is 32.1. The number of thiol groups is 1. The number of aromatic amines is 1. The van der Waals surface area contributed by atoms with E-state index in [9.17, 15) is 4.79 Å². The van der Waals surface area contributed by atoms with Crippen LogP contribution in [0.2, 0.25) is 0 Å². The van der Waals surface area contributed by atoms with Crippen molar-refractivity contribution in [3.63, 3.8) is 0 Å². The number of nitrogens with zero attached hydrogens (tertiary/aromatic N) is 2. The van der Waals surface area contributed by atoms with Crippen molar-refractivity contribution in [1.29, 1.82) is 0 Å². The molecule has 0 radical (unpaired) electrons. The summed E-state index contributed by atoms with van der Waals surface area (Å²) in [6.45, 7) is 4.99. The Balaban J connectivity index is 0.000000479. The van der Waals surface area contributed by atoms with Gasteiger partial charge in [-0.3, -0.25) is 14.9 Å². The Hall–Kier alpha value is -3.78. The molecule has 3 heterocycles. The number of carbonyl (C=O) groups excluding carboxylic acids is 1. The zero-order chi connectivity index (χ0) is 26.4. The molecule has 0 unspecified atom stereocenters. The van der Waals surface area contributed by atoms with Gasteiger partial charge in [-0.25, -0.2) is 0 Å². The van der Waals surface area contributed by atoms with Crippen LogP contribution in [0, 0.1) is 13.8 Å². The van der Waals surface area contributed by atoms with Gasteiger partial charge in [0.2, 0.25) is 0 Å². The summed E-state index contributed by atoms with van der Waals surface area (Å²) in [7, 11) is 1.61. The van der Waals surface area contributed by atoms with E-state index >= 15 is 0 Å². The molecule has 1 amide bonds. The summed E-state index contributed by atoms with van der Waals surface area (Å²) in [5, 5.41) is 14.7. The lowest BCUT2D eigenvalue weighted by Crippen LogP contribution is -2.35. The fourth-order valence-corrected chi connectivity index (χ4v) is 4.25. The summed E-state index contributed by atoms with van der Waals surface area (Å²) in [6.07, 6.45) is 9.26. The smallest absolute Gasteiger partial charge is 0.252 e. The fraction of sp³-hybridized carbons (Fsp3) is 0.276. The molecule has 4 aromatic rings. The number of hydrogen-bond acceptors (Lipinski definition) is 6. The van der Waals surface area contributed by atoms with Crippen LogP contribution in [0.15, 0.2) is 67.0 Å². The maximum atomic E-state index is 13.3. The van der Waals surface area contributed by atoms with E-state index in [2.05, 4.69) is 62.7 Å². The van der Waals surface area contributed by atoms with E-state index in [1.165, 1.54) is 0 Å². The summed E-state index contributed by atoms with van der Waals surface area (Å²) in [5.74, 6) is 0.582. The van der Waals surface area contributed by atoms with Crippen LogP contribution in [0.1, 0.15) is 40.0 Å². The van der Waals surface area contributed by atoms with Crippen LogP contribution in [-0.2, 0) is 5.54 Å². The molecule has 192 valence electrons. The van der Waals surface area contributed by atoms with Crippen LogP contribution in [0.4, 0.5) is 0 Å². The van der Waals surface area contributed by atoms with Gasteiger partial charge in [0.15, 0.2) is 0 Å². The highest BCUT2D eigenvalue weighted by Crippen LogP contribution is 2.49. The molecule has 1 fully saturated rings. The van der Waals surface area contributed by atoms with Crippen molar-refractivity contribution >= 4 is 29.4 Å². The molecule has 0 atom stereocenters. The van der Waals surface area contributed by atoms with Crippen LogP contribution in [0.5, 0.6) is 5.75 Å². The number of H-pyrrole nitrogens is 1. The van der Waals surface area contributed by atoms with Crippen LogP contribution >= 0.6 is 12.6 Å². The molecule has 0 spiro atoms. The molecule has 8 heteroatoms. The number of aryl methyl sites for hydroxylation is 2. The van der Waals surface area contributed by atoms with Crippen molar-refractivity contribution in [2.75, 3.05) is 19.9 Å². The first-order valence-electron chi connectivity index (χ1n) is 12.2. The Bertz CT molecular complexity index is 1420. The van der Waals surface area contributed by atoms with E-state index in [0.29, 0.717) is 11.3 Å². The molecule has 7 nitrogen and oxygen atoms in total. The Kier molecular flexibility index (Phi) is 8.18. The van der Waals surface area contributed by atoms with E-state index in [4.69, 9.17) is 4.74 Å². The largest absolute Gasteiger partial charge is 0.497 e. The van der Waals surface area contributed by atoms with Crippen molar-refractivity contribution in [1.82, 2.24) is 25.8 Å². The van der Waals surface area contributed by atoms with Gasteiger partial charge in [0.05, 0.1) is 23.9 Å². The lowest BCUT2D eigenvalue weighted by molar-refractivity contribution is 0.0930. The first-order chi connectivity index (χ1) is 18.0. The van der Waals surface area contributed by atoms with E-state index in [1.807, 2.05) is 44.3 Å². The van der Waals surface area contributed by atoms with Gasteiger partial charge in [-0.1, -0.05) is 12.1 Å². The summed E-state index contributed by atoms with van der Waals surface area (Å²) in [5.41, 5.74) is 5.99. The number of ether oxygens (including phenoxy) is 1. The number of pyridine rings is 1. The second-order valence-corrected chi connectivity index (χ2v) is 9.06. The van der Waals surface area contributed by atoms with Crippen molar-refractivity contribution in [2.45, 2.75) is 32.2 Å². The van der Waals surface area contributed by atoms with Crippen molar-refractivity contribution in [3.05, 3.63) is 89.4 Å². The van der Waals surface area contributed by atoms with Crippen molar-refractivity contribution in [3.8, 4) is 17.0 Å². The van der Waals surface area contributed by atoms with Crippen LogP contribution < -0.4 is 15.4 Å². The predicted octanol–water partition coefficient (Wildman–Crippen LogP) is 5.32. The average molecular weight is 516 g/mol. The number of nitrogens with one attached hydrogen (secondary N) is 3. The number of carbonyl (C=O) groups is 1. The Morgan fingerprint density at radius 2 is 1.84 bits per heavy atom. The third-order valence-corrected chi connectivity index (χ3v) is 6.50. The standard InChI is InChI=1S/C25H24N4O2.C3H5N.CH4S/c1-15-6-7-18(31-3)14-20(15)24(30)27-25(8-9-25)21-12-17(22-11-16(2)28-29-22)13-23-19(21)5-4-10-26-23;1-2-4-3-1;1-2/h4-7,10-14H,8-9H2,1-3H3,(H,27,30)(H,28,29);1-2,4H,3H2;2H,1H3. The molecule has 37 heavy (non-hydrogen) atoms. The van der Waals surface area contributed by atoms with Gasteiger partial charge >= 0.3 is 0 Å². The SMILES string of the molecule is C1=CNC1.COc1ccc(C)c(C(=O)NC2(c3cc(-c4cc(C)[nH]n4)cc4ncccc34)CC2)c1.CS. The zero-order valence-corrected chi connectivity index (χ0v) is 22.5. The molecule has 1 aliphatic carbocycles. The molecule has 3 N–H and O–H groups in total. The number of aromatic nitrogens is 3. The minimum absolute atomic E-state index is 0.0908. The van der Waals surface area contributed by atoms with Crippen molar-refractivity contribution in [2.24, 2.45) is 0 Å². The number of benzene rings is 2. The Labute approximate surface area is 223 Å². The summed E-state index contributed by atoms with van der Waals surface area (Å²) >= 11 is 3.53. The third kappa shape index (κ3) is 5.80. The van der Waals surface area contributed by atoms with Gasteiger partial charge in [-0.15, -0.1) is 0 Å². The van der Waals surface area contributed by atoms with E-state index in [1.54, 1.807) is 25.6 Å². The van der Waals surface area contributed by atoms with E-state index in [-0.39, 0.29) is 5.91 Å². The molecule has 0 bridgehead atoms. The minimum atomic E-state index is -0.407. The van der Waals surface area contributed by atoms with Gasteiger partial charge in [0, 0.05) is 34.9 Å². The number of methoxy groups -OCH3 is 1. The van der Waals surface area contributed by atoms with Crippen molar-refractivity contribution < 1.29 is 9.53 Å². The van der Waals surface area contributed by atoms with Crippen LogP contribution in [0.25, 0.3) is 22.2 Å². The van der Waals surface area contributed by atoms with Gasteiger partial charge in [0.1, 0.15) is 5.75 Å². The molecule has 2 aromatic heterocycles.